The van der Waals surface area contributed by atoms with E-state index in [2.05, 4.69) is 0 Å². The number of imide groups is 1. The Morgan fingerprint density at radius 1 is 1.15 bits per heavy atom. The van der Waals surface area contributed by atoms with Crippen LogP contribution in [-0.4, -0.2) is 29.0 Å². The molecule has 6 nitrogen and oxygen atoms in total. The zero-order chi connectivity index (χ0) is 18.8. The van der Waals surface area contributed by atoms with Crippen molar-refractivity contribution in [3.05, 3.63) is 59.9 Å². The molecule has 0 aliphatic carbocycles. The number of halogens is 1. The van der Waals surface area contributed by atoms with Gasteiger partial charge in [0.2, 0.25) is 5.91 Å². The molecule has 2 N–H and O–H groups in total. The van der Waals surface area contributed by atoms with E-state index < -0.39 is 28.2 Å². The number of hydrogen-bond donors (Lipinski definition) is 1. The highest BCUT2D eigenvalue weighted by atomic mass is 32.2. The maximum atomic E-state index is 13.1. The molecule has 26 heavy (non-hydrogen) atoms. The van der Waals surface area contributed by atoms with E-state index in [0.717, 1.165) is 22.2 Å². The van der Waals surface area contributed by atoms with Gasteiger partial charge in [-0.05, 0) is 55.1 Å². The fourth-order valence-electron chi connectivity index (χ4n) is 2.63. The van der Waals surface area contributed by atoms with E-state index >= 15 is 0 Å². The summed E-state index contributed by atoms with van der Waals surface area (Å²) in [6.07, 6.45) is 0. The topological polar surface area (TPSA) is 83.7 Å². The quantitative estimate of drug-likeness (QED) is 0.871. The van der Waals surface area contributed by atoms with Crippen LogP contribution in [0.3, 0.4) is 0 Å². The standard InChI is InChI=1S/C18H16FN3O3S/c1-11-2-6-13(7-3-11)21(10-15(20)23)17-16(24)22(18(25)26-17)14-8-4-12(19)5-9-14/h2-9,17H,10H2,1H3,(H2,20,23). The van der Waals surface area contributed by atoms with Gasteiger partial charge < -0.3 is 10.6 Å². The van der Waals surface area contributed by atoms with E-state index in [1.807, 2.05) is 19.1 Å². The van der Waals surface area contributed by atoms with E-state index in [1.165, 1.54) is 29.2 Å². The van der Waals surface area contributed by atoms with Gasteiger partial charge in [0.25, 0.3) is 11.1 Å². The number of aryl methyl sites for hydroxylation is 1. The molecule has 0 radical (unpaired) electrons. The third-order valence-electron chi connectivity index (χ3n) is 3.89. The highest BCUT2D eigenvalue weighted by Crippen LogP contribution is 2.35. The van der Waals surface area contributed by atoms with E-state index in [4.69, 9.17) is 5.73 Å². The number of carbonyl (C=O) groups is 3. The van der Waals surface area contributed by atoms with Crippen LogP contribution in [0.15, 0.2) is 48.5 Å². The summed E-state index contributed by atoms with van der Waals surface area (Å²) in [7, 11) is 0. The molecule has 1 atom stereocenters. The molecule has 1 aliphatic heterocycles. The van der Waals surface area contributed by atoms with Crippen molar-refractivity contribution in [2.45, 2.75) is 12.3 Å². The van der Waals surface area contributed by atoms with Crippen LogP contribution in [0.25, 0.3) is 0 Å². The second-order valence-corrected chi connectivity index (χ2v) is 6.85. The maximum Gasteiger partial charge on any atom is 0.295 e. The van der Waals surface area contributed by atoms with Gasteiger partial charge in [0.05, 0.1) is 12.2 Å². The lowest BCUT2D eigenvalue weighted by Gasteiger charge is -2.27. The largest absolute Gasteiger partial charge is 0.368 e. The fourth-order valence-corrected chi connectivity index (χ4v) is 3.65. The van der Waals surface area contributed by atoms with Crippen molar-refractivity contribution in [3.8, 4) is 0 Å². The predicted octanol–water partition coefficient (Wildman–Crippen LogP) is 2.65. The molecule has 0 aromatic heterocycles. The molecule has 8 heteroatoms. The summed E-state index contributed by atoms with van der Waals surface area (Å²) < 4.78 is 13.1. The van der Waals surface area contributed by atoms with Crippen molar-refractivity contribution in [1.29, 1.82) is 0 Å². The van der Waals surface area contributed by atoms with Gasteiger partial charge in [-0.3, -0.25) is 14.4 Å². The average molecular weight is 373 g/mol. The Bertz CT molecular complexity index is 855. The smallest absolute Gasteiger partial charge is 0.295 e. The highest BCUT2D eigenvalue weighted by molar-refractivity contribution is 8.16. The van der Waals surface area contributed by atoms with Crippen molar-refractivity contribution in [2.24, 2.45) is 5.73 Å². The number of amides is 3. The molecular weight excluding hydrogens is 357 g/mol. The lowest BCUT2D eigenvalue weighted by Crippen LogP contribution is -2.45. The number of rotatable bonds is 5. The molecular formula is C18H16FN3O3S. The van der Waals surface area contributed by atoms with Crippen molar-refractivity contribution >= 4 is 40.2 Å². The summed E-state index contributed by atoms with van der Waals surface area (Å²) in [6.45, 7) is 1.70. The average Bonchev–Trinajstić information content (AvgIpc) is 2.89. The summed E-state index contributed by atoms with van der Waals surface area (Å²) in [6, 6.07) is 12.3. The first-order valence-electron chi connectivity index (χ1n) is 7.78. The third-order valence-corrected chi connectivity index (χ3v) is 4.95. The van der Waals surface area contributed by atoms with Crippen LogP contribution in [0.5, 0.6) is 0 Å². The molecule has 134 valence electrons. The van der Waals surface area contributed by atoms with E-state index in [-0.39, 0.29) is 12.2 Å². The predicted molar refractivity (Wildman–Crippen MR) is 98.4 cm³/mol. The van der Waals surface area contributed by atoms with Crippen LogP contribution in [0.1, 0.15) is 5.56 Å². The molecule has 1 heterocycles. The van der Waals surface area contributed by atoms with Gasteiger partial charge in [-0.25, -0.2) is 9.29 Å². The van der Waals surface area contributed by atoms with E-state index in [9.17, 15) is 18.8 Å². The Kier molecular flexibility index (Phi) is 4.94. The van der Waals surface area contributed by atoms with Crippen LogP contribution in [-0.2, 0) is 9.59 Å². The van der Waals surface area contributed by atoms with Crippen LogP contribution in [0.4, 0.5) is 20.6 Å². The number of carbonyl (C=O) groups excluding carboxylic acids is 3. The van der Waals surface area contributed by atoms with Crippen LogP contribution in [0.2, 0.25) is 0 Å². The van der Waals surface area contributed by atoms with Gasteiger partial charge in [-0.2, -0.15) is 0 Å². The first-order valence-corrected chi connectivity index (χ1v) is 8.66. The number of thioether (sulfide) groups is 1. The number of hydrogen-bond acceptors (Lipinski definition) is 5. The normalized spacial score (nSPS) is 16.8. The summed E-state index contributed by atoms with van der Waals surface area (Å²) in [5, 5.41) is -1.42. The Morgan fingerprint density at radius 3 is 2.35 bits per heavy atom. The molecule has 0 saturated carbocycles. The first-order chi connectivity index (χ1) is 12.4. The molecule has 2 aromatic rings. The molecule has 1 unspecified atom stereocenters. The van der Waals surface area contributed by atoms with E-state index in [1.54, 1.807) is 12.1 Å². The van der Waals surface area contributed by atoms with Crippen molar-refractivity contribution in [3.63, 3.8) is 0 Å². The van der Waals surface area contributed by atoms with Crippen LogP contribution < -0.4 is 15.5 Å². The molecule has 2 aromatic carbocycles. The van der Waals surface area contributed by atoms with Gasteiger partial charge in [0, 0.05) is 5.69 Å². The number of benzene rings is 2. The molecule has 3 rings (SSSR count). The first kappa shape index (κ1) is 17.9. The second-order valence-electron chi connectivity index (χ2n) is 5.82. The third kappa shape index (κ3) is 3.55. The lowest BCUT2D eigenvalue weighted by atomic mass is 10.2. The van der Waals surface area contributed by atoms with Gasteiger partial charge >= 0.3 is 0 Å². The molecule has 0 bridgehead atoms. The van der Waals surface area contributed by atoms with Gasteiger partial charge in [-0.1, -0.05) is 17.7 Å². The Morgan fingerprint density at radius 2 is 1.77 bits per heavy atom. The summed E-state index contributed by atoms with van der Waals surface area (Å²) >= 11 is 0.792. The molecule has 1 aliphatic rings. The SMILES string of the molecule is Cc1ccc(N(CC(N)=O)C2SC(=O)N(c3ccc(F)cc3)C2=O)cc1. The molecule has 3 amide bonds. The summed E-state index contributed by atoms with van der Waals surface area (Å²) in [5.41, 5.74) is 7.23. The van der Waals surface area contributed by atoms with E-state index in [0.29, 0.717) is 5.69 Å². The number of nitrogens with two attached hydrogens (primary N) is 1. The lowest BCUT2D eigenvalue weighted by molar-refractivity contribution is -0.117. The van der Waals surface area contributed by atoms with Crippen molar-refractivity contribution in [2.75, 3.05) is 16.3 Å². The Hall–Kier alpha value is -2.87. The minimum atomic E-state index is -0.928. The van der Waals surface area contributed by atoms with Gasteiger partial charge in [-0.15, -0.1) is 0 Å². The monoisotopic (exact) mass is 373 g/mol. The Balaban J connectivity index is 1.93. The zero-order valence-electron chi connectivity index (χ0n) is 13.9. The number of primary amides is 1. The fraction of sp³-hybridized carbons (Fsp3) is 0.167. The van der Waals surface area contributed by atoms with Gasteiger partial charge in [0.1, 0.15) is 5.82 Å². The highest BCUT2D eigenvalue weighted by Gasteiger charge is 2.44. The molecule has 1 saturated heterocycles. The summed E-state index contributed by atoms with van der Waals surface area (Å²) in [5.74, 6) is -1.59. The minimum absolute atomic E-state index is 0.211. The number of nitrogens with zero attached hydrogens (tertiary/aromatic N) is 2. The van der Waals surface area contributed by atoms with Crippen LogP contribution in [0, 0.1) is 12.7 Å². The van der Waals surface area contributed by atoms with Crippen LogP contribution >= 0.6 is 11.8 Å². The second kappa shape index (κ2) is 7.17. The molecule has 0 spiro atoms. The summed E-state index contributed by atoms with van der Waals surface area (Å²) in [4.78, 5) is 39.2. The zero-order valence-corrected chi connectivity index (χ0v) is 14.7. The number of anilines is 2. The van der Waals surface area contributed by atoms with Crippen molar-refractivity contribution < 1.29 is 18.8 Å². The van der Waals surface area contributed by atoms with Crippen molar-refractivity contribution in [1.82, 2.24) is 0 Å². The maximum absolute atomic E-state index is 13.1. The van der Waals surface area contributed by atoms with Gasteiger partial charge in [0.15, 0.2) is 5.37 Å². The Labute approximate surface area is 153 Å². The minimum Gasteiger partial charge on any atom is -0.368 e. The molecule has 1 fully saturated rings.